The van der Waals surface area contributed by atoms with E-state index in [0.29, 0.717) is 12.0 Å². The van der Waals surface area contributed by atoms with Gasteiger partial charge in [0.2, 0.25) is 0 Å². The maximum Gasteiger partial charge on any atom is 0.191 e. The number of hydrogen-bond acceptors (Lipinski definition) is 3. The van der Waals surface area contributed by atoms with Crippen LogP contribution in [0.4, 0.5) is 0 Å². The molecule has 130 valence electrons. The lowest BCUT2D eigenvalue weighted by Crippen LogP contribution is -2.53. The Kier molecular flexibility index (Phi) is 12.9. The third-order valence-corrected chi connectivity index (χ3v) is 4.22. The maximum atomic E-state index is 5.49. The molecule has 0 spiro atoms. The molecule has 0 aromatic carbocycles. The summed E-state index contributed by atoms with van der Waals surface area (Å²) in [6.07, 6.45) is 4.25. The first-order chi connectivity index (χ1) is 10.3. The molecule has 6 heteroatoms. The van der Waals surface area contributed by atoms with Crippen LogP contribution in [0.3, 0.4) is 0 Å². The zero-order chi connectivity index (χ0) is 15.5. The van der Waals surface area contributed by atoms with E-state index in [1.807, 2.05) is 6.08 Å². The molecule has 22 heavy (non-hydrogen) atoms. The molecule has 0 amide bonds. The minimum atomic E-state index is 0. The van der Waals surface area contributed by atoms with Crippen LogP contribution in [0.5, 0.6) is 0 Å². The van der Waals surface area contributed by atoms with Crippen LogP contribution in [-0.4, -0.2) is 63.3 Å². The standard InChI is InChI=1S/C16H32N4O.HI/c1-5-8-18-16(17-4)19-13-15(14(6-2)7-3)20-9-11-21-12-10-20;/h5,14-15H,1,6-13H2,2-4H3,(H2,17,18,19);1H. The normalized spacial score (nSPS) is 17.7. The molecule has 2 N–H and O–H groups in total. The number of nitrogens with one attached hydrogen (secondary N) is 2. The van der Waals surface area contributed by atoms with Gasteiger partial charge in [-0.15, -0.1) is 30.6 Å². The molecule has 1 unspecified atom stereocenters. The van der Waals surface area contributed by atoms with Crippen LogP contribution in [0.1, 0.15) is 26.7 Å². The number of aliphatic imine (C=N–C) groups is 1. The van der Waals surface area contributed by atoms with E-state index in [2.05, 4.69) is 41.0 Å². The summed E-state index contributed by atoms with van der Waals surface area (Å²) in [6, 6.07) is 0.534. The first kappa shape index (κ1) is 21.7. The van der Waals surface area contributed by atoms with E-state index >= 15 is 0 Å². The summed E-state index contributed by atoms with van der Waals surface area (Å²) in [5, 5.41) is 6.69. The van der Waals surface area contributed by atoms with Crippen LogP contribution in [-0.2, 0) is 4.74 Å². The van der Waals surface area contributed by atoms with Gasteiger partial charge in [0.05, 0.1) is 13.2 Å². The van der Waals surface area contributed by atoms with E-state index in [0.717, 1.165) is 45.4 Å². The van der Waals surface area contributed by atoms with Crippen molar-refractivity contribution in [2.24, 2.45) is 10.9 Å². The number of rotatable bonds is 8. The first-order valence-corrected chi connectivity index (χ1v) is 8.13. The van der Waals surface area contributed by atoms with Crippen molar-refractivity contribution < 1.29 is 4.74 Å². The Morgan fingerprint density at radius 1 is 1.27 bits per heavy atom. The Bertz CT molecular complexity index is 315. The van der Waals surface area contributed by atoms with Gasteiger partial charge in [-0.1, -0.05) is 32.8 Å². The quantitative estimate of drug-likeness (QED) is 0.271. The predicted molar refractivity (Wildman–Crippen MR) is 105 cm³/mol. The van der Waals surface area contributed by atoms with Crippen LogP contribution < -0.4 is 10.6 Å². The molecule has 1 saturated heterocycles. The topological polar surface area (TPSA) is 48.9 Å². The summed E-state index contributed by atoms with van der Waals surface area (Å²) >= 11 is 0. The maximum absolute atomic E-state index is 5.49. The smallest absolute Gasteiger partial charge is 0.191 e. The van der Waals surface area contributed by atoms with E-state index < -0.39 is 0 Å². The number of ether oxygens (including phenoxy) is 1. The third-order valence-electron chi connectivity index (χ3n) is 4.22. The van der Waals surface area contributed by atoms with Crippen LogP contribution in [0.15, 0.2) is 17.6 Å². The van der Waals surface area contributed by atoms with Gasteiger partial charge in [0.15, 0.2) is 5.96 Å². The number of morpholine rings is 1. The minimum Gasteiger partial charge on any atom is -0.379 e. The van der Waals surface area contributed by atoms with Gasteiger partial charge in [0.1, 0.15) is 0 Å². The van der Waals surface area contributed by atoms with Crippen LogP contribution >= 0.6 is 24.0 Å². The highest BCUT2D eigenvalue weighted by atomic mass is 127. The molecule has 0 aromatic heterocycles. The second-order valence-corrected chi connectivity index (χ2v) is 5.41. The highest BCUT2D eigenvalue weighted by Gasteiger charge is 2.26. The van der Waals surface area contributed by atoms with Gasteiger partial charge >= 0.3 is 0 Å². The van der Waals surface area contributed by atoms with Crippen molar-refractivity contribution in [2.45, 2.75) is 32.7 Å². The van der Waals surface area contributed by atoms with Gasteiger partial charge in [-0.3, -0.25) is 9.89 Å². The molecular weight excluding hydrogens is 391 g/mol. The number of nitrogens with zero attached hydrogens (tertiary/aromatic N) is 2. The van der Waals surface area contributed by atoms with Gasteiger partial charge in [-0.2, -0.15) is 0 Å². The zero-order valence-corrected chi connectivity index (χ0v) is 16.6. The van der Waals surface area contributed by atoms with Crippen LogP contribution in [0.2, 0.25) is 0 Å². The van der Waals surface area contributed by atoms with Crippen LogP contribution in [0.25, 0.3) is 0 Å². The SMILES string of the molecule is C=CCNC(=NC)NCC(C(CC)CC)N1CCOCC1.I. The molecule has 0 aromatic rings. The van der Waals surface area contributed by atoms with E-state index in [9.17, 15) is 0 Å². The fourth-order valence-electron chi connectivity index (χ4n) is 2.93. The third kappa shape index (κ3) is 7.28. The molecule has 0 bridgehead atoms. The molecule has 0 saturated carbocycles. The minimum absolute atomic E-state index is 0. The summed E-state index contributed by atoms with van der Waals surface area (Å²) in [6.45, 7) is 13.7. The average molecular weight is 424 g/mol. The molecule has 5 nitrogen and oxygen atoms in total. The van der Waals surface area contributed by atoms with Gasteiger partial charge < -0.3 is 15.4 Å². The van der Waals surface area contributed by atoms with Crippen molar-refractivity contribution in [3.05, 3.63) is 12.7 Å². The number of halogens is 1. The van der Waals surface area contributed by atoms with E-state index in [1.165, 1.54) is 12.8 Å². The lowest BCUT2D eigenvalue weighted by molar-refractivity contribution is 0.00272. The van der Waals surface area contributed by atoms with Crippen molar-refractivity contribution in [3.8, 4) is 0 Å². The molecular formula is C16H33IN4O. The zero-order valence-electron chi connectivity index (χ0n) is 14.3. The summed E-state index contributed by atoms with van der Waals surface area (Å²) in [5.41, 5.74) is 0. The fraction of sp³-hybridized carbons (Fsp3) is 0.812. The Hall–Kier alpha value is -0.340. The Balaban J connectivity index is 0.00000441. The van der Waals surface area contributed by atoms with Gasteiger partial charge in [0.25, 0.3) is 0 Å². The molecule has 1 aliphatic heterocycles. The highest BCUT2D eigenvalue weighted by molar-refractivity contribution is 14.0. The molecule has 1 fully saturated rings. The van der Waals surface area contributed by atoms with Crippen molar-refractivity contribution in [3.63, 3.8) is 0 Å². The van der Waals surface area contributed by atoms with E-state index in [1.54, 1.807) is 7.05 Å². The highest BCUT2D eigenvalue weighted by Crippen LogP contribution is 2.19. The Morgan fingerprint density at radius 2 is 1.91 bits per heavy atom. The lowest BCUT2D eigenvalue weighted by atomic mass is 9.92. The Morgan fingerprint density at radius 3 is 2.41 bits per heavy atom. The van der Waals surface area contributed by atoms with Crippen molar-refractivity contribution in [1.29, 1.82) is 0 Å². The lowest BCUT2D eigenvalue weighted by Gasteiger charge is -2.39. The van der Waals surface area contributed by atoms with E-state index in [-0.39, 0.29) is 24.0 Å². The van der Waals surface area contributed by atoms with E-state index in [4.69, 9.17) is 4.74 Å². The molecule has 1 aliphatic rings. The number of guanidine groups is 1. The largest absolute Gasteiger partial charge is 0.379 e. The van der Waals surface area contributed by atoms with Gasteiger partial charge in [-0.25, -0.2) is 0 Å². The van der Waals surface area contributed by atoms with Gasteiger partial charge in [0, 0.05) is 39.3 Å². The molecule has 1 atom stereocenters. The van der Waals surface area contributed by atoms with Gasteiger partial charge in [-0.05, 0) is 5.92 Å². The first-order valence-electron chi connectivity index (χ1n) is 8.13. The predicted octanol–water partition coefficient (Wildman–Crippen LogP) is 2.09. The van der Waals surface area contributed by atoms with Crippen LogP contribution in [0, 0.1) is 5.92 Å². The van der Waals surface area contributed by atoms with Crippen molar-refractivity contribution in [1.82, 2.24) is 15.5 Å². The average Bonchev–Trinajstić information content (AvgIpc) is 2.54. The second kappa shape index (κ2) is 13.1. The summed E-state index contributed by atoms with van der Waals surface area (Å²) in [4.78, 5) is 6.82. The molecule has 1 rings (SSSR count). The second-order valence-electron chi connectivity index (χ2n) is 5.41. The van der Waals surface area contributed by atoms with Crippen molar-refractivity contribution >= 4 is 29.9 Å². The monoisotopic (exact) mass is 424 g/mol. The number of hydrogen-bond donors (Lipinski definition) is 2. The molecule has 0 radical (unpaired) electrons. The summed E-state index contributed by atoms with van der Waals surface area (Å²) in [5.74, 6) is 1.55. The molecule has 1 heterocycles. The Labute approximate surface area is 153 Å². The van der Waals surface area contributed by atoms with Crippen molar-refractivity contribution in [2.75, 3.05) is 46.4 Å². The summed E-state index contributed by atoms with van der Waals surface area (Å²) in [7, 11) is 1.80. The summed E-state index contributed by atoms with van der Waals surface area (Å²) < 4.78 is 5.49. The fourth-order valence-corrected chi connectivity index (χ4v) is 2.93. The molecule has 0 aliphatic carbocycles.